The van der Waals surface area contributed by atoms with E-state index in [9.17, 15) is 4.79 Å². The molecule has 0 fully saturated rings. The van der Waals surface area contributed by atoms with Crippen LogP contribution in [-0.2, 0) is 11.2 Å². The zero-order valence-electron chi connectivity index (χ0n) is 10.1. The van der Waals surface area contributed by atoms with Crippen LogP contribution in [0.25, 0.3) is 11.3 Å². The molecule has 0 unspecified atom stereocenters. The molecule has 6 nitrogen and oxygen atoms in total. The zero-order chi connectivity index (χ0) is 13.8. The second kappa shape index (κ2) is 5.62. The van der Waals surface area contributed by atoms with Gasteiger partial charge in [0, 0.05) is 30.6 Å². The lowest BCUT2D eigenvalue weighted by Crippen LogP contribution is -2.06. The smallest absolute Gasteiger partial charge is 0.307 e. The quantitative estimate of drug-likeness (QED) is 0.830. The highest BCUT2D eigenvalue weighted by Crippen LogP contribution is 2.22. The maximum Gasteiger partial charge on any atom is 0.307 e. The van der Waals surface area contributed by atoms with E-state index in [1.54, 1.807) is 25.4 Å². The summed E-state index contributed by atoms with van der Waals surface area (Å²) in [5, 5.41) is 11.9. The van der Waals surface area contributed by atoms with Crippen LogP contribution in [0.3, 0.4) is 0 Å². The second-order valence-electron chi connectivity index (χ2n) is 3.76. The van der Waals surface area contributed by atoms with Crippen LogP contribution < -0.4 is 5.32 Å². The van der Waals surface area contributed by atoms with E-state index in [1.165, 1.54) is 6.20 Å². The molecule has 2 aromatic heterocycles. The Kier molecular flexibility index (Phi) is 3.91. The van der Waals surface area contributed by atoms with Gasteiger partial charge >= 0.3 is 5.97 Å². The Bertz CT molecular complexity index is 618. The molecule has 0 saturated heterocycles. The number of aliphatic carboxylic acids is 1. The largest absolute Gasteiger partial charge is 0.481 e. The maximum absolute atomic E-state index is 10.8. The van der Waals surface area contributed by atoms with E-state index in [0.29, 0.717) is 22.6 Å². The highest BCUT2D eigenvalue weighted by Gasteiger charge is 2.10. The molecule has 0 amide bonds. The first-order valence-corrected chi connectivity index (χ1v) is 5.85. The van der Waals surface area contributed by atoms with E-state index < -0.39 is 5.97 Å². The van der Waals surface area contributed by atoms with Crippen LogP contribution in [-0.4, -0.2) is 33.1 Å². The molecule has 7 heteroatoms. The van der Waals surface area contributed by atoms with Crippen LogP contribution in [0.2, 0.25) is 5.28 Å². The summed E-state index contributed by atoms with van der Waals surface area (Å²) in [7, 11) is 1.69. The fraction of sp³-hybridized carbons (Fsp3) is 0.167. The number of aromatic nitrogens is 3. The van der Waals surface area contributed by atoms with Gasteiger partial charge in [-0.3, -0.25) is 4.79 Å². The Labute approximate surface area is 114 Å². The highest BCUT2D eigenvalue weighted by molar-refractivity contribution is 6.28. The van der Waals surface area contributed by atoms with Crippen LogP contribution in [0.15, 0.2) is 24.5 Å². The minimum absolute atomic E-state index is 0.115. The third-order valence-electron chi connectivity index (χ3n) is 2.47. The number of rotatable bonds is 4. The first kappa shape index (κ1) is 13.2. The van der Waals surface area contributed by atoms with E-state index >= 15 is 0 Å². The van der Waals surface area contributed by atoms with Gasteiger partial charge in [-0.15, -0.1) is 0 Å². The molecule has 2 aromatic rings. The monoisotopic (exact) mass is 278 g/mol. The highest BCUT2D eigenvalue weighted by atomic mass is 35.5. The van der Waals surface area contributed by atoms with Crippen LogP contribution in [0.4, 0.5) is 5.82 Å². The van der Waals surface area contributed by atoms with Gasteiger partial charge in [-0.1, -0.05) is 0 Å². The first-order valence-electron chi connectivity index (χ1n) is 5.47. The fourth-order valence-corrected chi connectivity index (χ4v) is 1.82. The summed E-state index contributed by atoms with van der Waals surface area (Å²) in [5.41, 5.74) is 1.88. The predicted octanol–water partition coefficient (Wildman–Crippen LogP) is 1.86. The lowest BCUT2D eigenvalue weighted by Gasteiger charge is -2.08. The molecule has 2 rings (SSSR count). The number of carboxylic acid groups (broad SMARTS) is 1. The summed E-state index contributed by atoms with van der Waals surface area (Å²) >= 11 is 5.73. The molecule has 19 heavy (non-hydrogen) atoms. The van der Waals surface area contributed by atoms with Gasteiger partial charge in [0.05, 0.1) is 12.1 Å². The van der Waals surface area contributed by atoms with Crippen LogP contribution in [0.5, 0.6) is 0 Å². The predicted molar refractivity (Wildman–Crippen MR) is 71.2 cm³/mol. The van der Waals surface area contributed by atoms with E-state index in [1.807, 2.05) is 0 Å². The van der Waals surface area contributed by atoms with Gasteiger partial charge in [0.15, 0.2) is 0 Å². The van der Waals surface area contributed by atoms with Crippen molar-refractivity contribution in [1.82, 2.24) is 15.0 Å². The van der Waals surface area contributed by atoms with Crippen LogP contribution in [0.1, 0.15) is 5.56 Å². The van der Waals surface area contributed by atoms with Crippen molar-refractivity contribution in [3.8, 4) is 11.3 Å². The van der Waals surface area contributed by atoms with Gasteiger partial charge in [-0.2, -0.15) is 0 Å². The number of nitrogens with one attached hydrogen (secondary N) is 1. The van der Waals surface area contributed by atoms with Gasteiger partial charge in [0.1, 0.15) is 5.82 Å². The Morgan fingerprint density at radius 3 is 2.89 bits per heavy atom. The molecule has 0 saturated carbocycles. The summed E-state index contributed by atoms with van der Waals surface area (Å²) < 4.78 is 0. The molecule has 0 aliphatic carbocycles. The van der Waals surface area contributed by atoms with Crippen molar-refractivity contribution < 1.29 is 9.90 Å². The molecule has 0 radical (unpaired) electrons. The molecule has 0 spiro atoms. The van der Waals surface area contributed by atoms with E-state index in [0.717, 1.165) is 0 Å². The molecule has 2 heterocycles. The van der Waals surface area contributed by atoms with Crippen molar-refractivity contribution in [2.24, 2.45) is 0 Å². The molecule has 0 aliphatic rings. The third-order valence-corrected chi connectivity index (χ3v) is 2.65. The zero-order valence-corrected chi connectivity index (χ0v) is 10.8. The Morgan fingerprint density at radius 1 is 1.47 bits per heavy atom. The molecular formula is C12H11ClN4O2. The van der Waals surface area contributed by atoms with Gasteiger partial charge < -0.3 is 10.4 Å². The van der Waals surface area contributed by atoms with Gasteiger partial charge in [0.2, 0.25) is 5.28 Å². The maximum atomic E-state index is 10.8. The van der Waals surface area contributed by atoms with Crippen molar-refractivity contribution in [2.75, 3.05) is 12.4 Å². The topological polar surface area (TPSA) is 88.0 Å². The fourth-order valence-electron chi connectivity index (χ4n) is 1.67. The average Bonchev–Trinajstić information content (AvgIpc) is 2.38. The van der Waals surface area contributed by atoms with E-state index in [2.05, 4.69) is 20.3 Å². The van der Waals surface area contributed by atoms with Crippen molar-refractivity contribution in [2.45, 2.75) is 6.42 Å². The average molecular weight is 279 g/mol. The minimum atomic E-state index is -0.920. The van der Waals surface area contributed by atoms with Crippen molar-refractivity contribution >= 4 is 23.4 Å². The number of carboxylic acids is 1. The number of anilines is 1. The van der Waals surface area contributed by atoms with Crippen molar-refractivity contribution in [1.29, 1.82) is 0 Å². The summed E-state index contributed by atoms with van der Waals surface area (Å²) in [6.45, 7) is 0. The van der Waals surface area contributed by atoms with Crippen molar-refractivity contribution in [3.05, 3.63) is 35.4 Å². The first-order chi connectivity index (χ1) is 9.10. The van der Waals surface area contributed by atoms with Gasteiger partial charge in [-0.05, 0) is 23.7 Å². The molecule has 0 aromatic carbocycles. The van der Waals surface area contributed by atoms with Gasteiger partial charge in [-0.25, -0.2) is 15.0 Å². The Morgan fingerprint density at radius 2 is 2.26 bits per heavy atom. The number of carbonyl (C=O) groups is 1. The summed E-state index contributed by atoms with van der Waals surface area (Å²) in [5.74, 6) is -0.387. The molecule has 0 aliphatic heterocycles. The molecular weight excluding hydrogens is 268 g/mol. The number of hydrogen-bond donors (Lipinski definition) is 2. The standard InChI is InChI=1S/C12H11ClN4O2/c1-14-11-7(5-10(18)19)4-8(6-16-11)9-2-3-15-12(13)17-9/h2-4,6H,5H2,1H3,(H,14,16)(H,18,19). The minimum Gasteiger partial charge on any atom is -0.481 e. The normalized spacial score (nSPS) is 10.2. The number of pyridine rings is 1. The summed E-state index contributed by atoms with van der Waals surface area (Å²) in [6, 6.07) is 3.41. The third kappa shape index (κ3) is 3.17. The Hall–Kier alpha value is -2.21. The van der Waals surface area contributed by atoms with Crippen LogP contribution in [0, 0.1) is 0 Å². The van der Waals surface area contributed by atoms with E-state index in [4.69, 9.17) is 16.7 Å². The number of nitrogens with zero attached hydrogens (tertiary/aromatic N) is 3. The molecule has 2 N–H and O–H groups in total. The summed E-state index contributed by atoms with van der Waals surface area (Å²) in [6.07, 6.45) is 3.03. The van der Waals surface area contributed by atoms with Crippen molar-refractivity contribution in [3.63, 3.8) is 0 Å². The number of halogens is 1. The molecule has 98 valence electrons. The summed E-state index contributed by atoms with van der Waals surface area (Å²) in [4.78, 5) is 22.9. The second-order valence-corrected chi connectivity index (χ2v) is 4.10. The Balaban J connectivity index is 2.45. The van der Waals surface area contributed by atoms with Crippen LogP contribution >= 0.6 is 11.6 Å². The van der Waals surface area contributed by atoms with E-state index in [-0.39, 0.29) is 11.7 Å². The molecule has 0 bridgehead atoms. The van der Waals surface area contributed by atoms with Gasteiger partial charge in [0.25, 0.3) is 0 Å². The number of hydrogen-bond acceptors (Lipinski definition) is 5. The molecule has 0 atom stereocenters. The lowest BCUT2D eigenvalue weighted by molar-refractivity contribution is -0.136. The lowest BCUT2D eigenvalue weighted by atomic mass is 10.1. The SMILES string of the molecule is CNc1ncc(-c2ccnc(Cl)n2)cc1CC(=O)O.